The minimum Gasteiger partial charge on any atom is -0.469 e. The molecule has 1 aliphatic carbocycles. The molecule has 0 saturated carbocycles. The number of anilines is 1. The number of amides is 2. The number of aromatic nitrogens is 2. The summed E-state index contributed by atoms with van der Waals surface area (Å²) < 4.78 is 7.28. The van der Waals surface area contributed by atoms with Crippen molar-refractivity contribution in [3.05, 3.63) is 36.0 Å². The first-order valence-corrected chi connectivity index (χ1v) is 7.78. The molecule has 0 fully saturated rings. The molecule has 2 heterocycles. The van der Waals surface area contributed by atoms with E-state index in [0.29, 0.717) is 11.6 Å². The van der Waals surface area contributed by atoms with Crippen molar-refractivity contribution < 1.29 is 9.21 Å². The summed E-state index contributed by atoms with van der Waals surface area (Å²) in [6, 6.07) is 1.76. The highest BCUT2D eigenvalue weighted by molar-refractivity contribution is 5.89. The van der Waals surface area contributed by atoms with Gasteiger partial charge in [-0.25, -0.2) is 4.79 Å². The van der Waals surface area contributed by atoms with Gasteiger partial charge in [-0.2, -0.15) is 5.10 Å². The molecule has 0 radical (unpaired) electrons. The lowest BCUT2D eigenvalue weighted by molar-refractivity contribution is 0.246. The molecular weight excluding hydrogens is 280 g/mol. The van der Waals surface area contributed by atoms with Crippen molar-refractivity contribution in [1.82, 2.24) is 15.1 Å². The quantitative estimate of drug-likeness (QED) is 0.910. The highest BCUT2D eigenvalue weighted by atomic mass is 16.3. The van der Waals surface area contributed by atoms with Gasteiger partial charge < -0.3 is 15.1 Å². The minimum absolute atomic E-state index is 0.0215. The fourth-order valence-electron chi connectivity index (χ4n) is 2.86. The fraction of sp³-hybridized carbons (Fsp3) is 0.500. The van der Waals surface area contributed by atoms with Crippen molar-refractivity contribution in [2.24, 2.45) is 5.92 Å². The minimum atomic E-state index is -0.205. The summed E-state index contributed by atoms with van der Waals surface area (Å²) in [6.07, 6.45) is 8.13. The third-order valence-electron chi connectivity index (χ3n) is 3.80. The van der Waals surface area contributed by atoms with Crippen LogP contribution in [-0.2, 0) is 13.0 Å². The number of hydrogen-bond donors (Lipinski definition) is 2. The van der Waals surface area contributed by atoms with Crippen LogP contribution < -0.4 is 10.6 Å². The van der Waals surface area contributed by atoms with E-state index >= 15 is 0 Å². The Morgan fingerprint density at radius 3 is 3.23 bits per heavy atom. The fourth-order valence-corrected chi connectivity index (χ4v) is 2.86. The van der Waals surface area contributed by atoms with Crippen molar-refractivity contribution in [3.63, 3.8) is 0 Å². The van der Waals surface area contributed by atoms with Crippen molar-refractivity contribution in [2.45, 2.75) is 45.7 Å². The molecule has 2 aromatic rings. The third kappa shape index (κ3) is 3.32. The van der Waals surface area contributed by atoms with E-state index in [2.05, 4.69) is 29.6 Å². The predicted octanol–water partition coefficient (Wildman–Crippen LogP) is 3.33. The Hall–Kier alpha value is -2.24. The molecule has 2 aromatic heterocycles. The van der Waals surface area contributed by atoms with Crippen molar-refractivity contribution >= 4 is 11.7 Å². The number of urea groups is 1. The van der Waals surface area contributed by atoms with E-state index in [4.69, 9.17) is 4.42 Å². The lowest BCUT2D eigenvalue weighted by atomic mass is 9.93. The highest BCUT2D eigenvalue weighted by Crippen LogP contribution is 2.30. The van der Waals surface area contributed by atoms with Crippen LogP contribution in [0.25, 0.3) is 0 Å². The monoisotopic (exact) mass is 302 g/mol. The van der Waals surface area contributed by atoms with E-state index in [1.165, 1.54) is 0 Å². The first kappa shape index (κ1) is 14.7. The molecule has 0 saturated heterocycles. The molecule has 1 unspecified atom stereocenters. The van der Waals surface area contributed by atoms with E-state index in [0.717, 1.165) is 37.1 Å². The first-order chi connectivity index (χ1) is 10.6. The number of fused-ring (bicyclic) bond motifs is 1. The number of aryl methyl sites for hydroxylation is 1. The Morgan fingerprint density at radius 1 is 1.55 bits per heavy atom. The zero-order valence-corrected chi connectivity index (χ0v) is 13.0. The van der Waals surface area contributed by atoms with E-state index in [1.807, 2.05) is 16.9 Å². The van der Waals surface area contributed by atoms with E-state index in [-0.39, 0.29) is 12.1 Å². The molecule has 6 heteroatoms. The van der Waals surface area contributed by atoms with Crippen LogP contribution in [0.1, 0.15) is 44.1 Å². The molecule has 0 aromatic carbocycles. The van der Waals surface area contributed by atoms with Crippen LogP contribution >= 0.6 is 0 Å². The van der Waals surface area contributed by atoms with E-state index in [1.54, 1.807) is 12.5 Å². The number of hydrogen-bond acceptors (Lipinski definition) is 3. The van der Waals surface area contributed by atoms with Gasteiger partial charge in [-0.3, -0.25) is 4.68 Å². The average molecular weight is 302 g/mol. The predicted molar refractivity (Wildman–Crippen MR) is 83.6 cm³/mol. The van der Waals surface area contributed by atoms with Gasteiger partial charge in [0, 0.05) is 24.7 Å². The van der Waals surface area contributed by atoms with Crippen LogP contribution in [0.15, 0.2) is 29.1 Å². The topological polar surface area (TPSA) is 72.1 Å². The Morgan fingerprint density at radius 2 is 2.41 bits per heavy atom. The smallest absolute Gasteiger partial charge is 0.319 e. The Labute approximate surface area is 129 Å². The molecule has 3 rings (SSSR count). The van der Waals surface area contributed by atoms with Gasteiger partial charge in [0.1, 0.15) is 5.76 Å². The average Bonchev–Trinajstić information content (AvgIpc) is 3.07. The number of rotatable bonds is 4. The molecule has 2 amide bonds. The van der Waals surface area contributed by atoms with Crippen LogP contribution in [0.3, 0.4) is 0 Å². The Kier molecular flexibility index (Phi) is 4.18. The molecule has 0 bridgehead atoms. The van der Waals surface area contributed by atoms with Crippen LogP contribution in [0.5, 0.6) is 0 Å². The maximum absolute atomic E-state index is 12.2. The highest BCUT2D eigenvalue weighted by Gasteiger charge is 2.24. The molecule has 1 aliphatic rings. The maximum atomic E-state index is 12.2. The zero-order chi connectivity index (χ0) is 15.5. The number of carbonyl (C=O) groups is 1. The molecule has 0 spiro atoms. The van der Waals surface area contributed by atoms with Crippen LogP contribution in [0.4, 0.5) is 10.5 Å². The standard InChI is InChI=1S/C16H22N4O2/c1-11(2)9-20-10-12(8-17-20)18-16(21)19-14-4-3-5-15-13(14)6-7-22-15/h6-8,10-11,14H,3-5,9H2,1-2H3,(H2,18,19,21). The van der Waals surface area contributed by atoms with Gasteiger partial charge in [-0.15, -0.1) is 0 Å². The Balaban J connectivity index is 1.58. The molecule has 2 N–H and O–H groups in total. The van der Waals surface area contributed by atoms with E-state index in [9.17, 15) is 4.79 Å². The summed E-state index contributed by atoms with van der Waals surface area (Å²) in [4.78, 5) is 12.2. The van der Waals surface area contributed by atoms with Gasteiger partial charge in [0.15, 0.2) is 0 Å². The molecule has 1 atom stereocenters. The summed E-state index contributed by atoms with van der Waals surface area (Å²) in [6.45, 7) is 5.10. The lowest BCUT2D eigenvalue weighted by Gasteiger charge is -2.22. The summed E-state index contributed by atoms with van der Waals surface area (Å²) in [5.74, 6) is 1.50. The molecule has 6 nitrogen and oxygen atoms in total. The number of nitrogens with one attached hydrogen (secondary N) is 2. The van der Waals surface area contributed by atoms with Crippen molar-refractivity contribution in [1.29, 1.82) is 0 Å². The van der Waals surface area contributed by atoms with Gasteiger partial charge in [0.05, 0.1) is 24.2 Å². The second kappa shape index (κ2) is 6.25. The first-order valence-electron chi connectivity index (χ1n) is 7.78. The lowest BCUT2D eigenvalue weighted by Crippen LogP contribution is -2.33. The van der Waals surface area contributed by atoms with Crippen molar-refractivity contribution in [3.8, 4) is 0 Å². The van der Waals surface area contributed by atoms with Gasteiger partial charge in [-0.1, -0.05) is 13.8 Å². The molecule has 0 aliphatic heterocycles. The second-order valence-corrected chi connectivity index (χ2v) is 6.19. The number of carbonyl (C=O) groups excluding carboxylic acids is 1. The van der Waals surface area contributed by atoms with Crippen LogP contribution in [-0.4, -0.2) is 15.8 Å². The largest absolute Gasteiger partial charge is 0.469 e. The van der Waals surface area contributed by atoms with Gasteiger partial charge >= 0.3 is 6.03 Å². The van der Waals surface area contributed by atoms with Crippen LogP contribution in [0.2, 0.25) is 0 Å². The SMILES string of the molecule is CC(C)Cn1cc(NC(=O)NC2CCCc3occc32)cn1. The maximum Gasteiger partial charge on any atom is 0.319 e. The van der Waals surface area contributed by atoms with Crippen LogP contribution in [0, 0.1) is 5.92 Å². The van der Waals surface area contributed by atoms with Gasteiger partial charge in [0.2, 0.25) is 0 Å². The van der Waals surface area contributed by atoms with E-state index < -0.39 is 0 Å². The normalized spacial score (nSPS) is 17.3. The number of furan rings is 1. The number of nitrogens with zero attached hydrogens (tertiary/aromatic N) is 2. The van der Waals surface area contributed by atoms with Gasteiger partial charge in [0.25, 0.3) is 0 Å². The zero-order valence-electron chi connectivity index (χ0n) is 13.0. The second-order valence-electron chi connectivity index (χ2n) is 6.19. The van der Waals surface area contributed by atoms with Crippen molar-refractivity contribution in [2.75, 3.05) is 5.32 Å². The Bertz CT molecular complexity index is 644. The summed E-state index contributed by atoms with van der Waals surface area (Å²) >= 11 is 0. The summed E-state index contributed by atoms with van der Waals surface area (Å²) in [5, 5.41) is 10.1. The summed E-state index contributed by atoms with van der Waals surface area (Å²) in [7, 11) is 0. The molecule has 118 valence electrons. The molecule has 22 heavy (non-hydrogen) atoms. The molecular formula is C16H22N4O2. The third-order valence-corrected chi connectivity index (χ3v) is 3.80. The van der Waals surface area contributed by atoms with Gasteiger partial charge in [-0.05, 0) is 24.8 Å². The summed E-state index contributed by atoms with van der Waals surface area (Å²) in [5.41, 5.74) is 1.80.